The summed E-state index contributed by atoms with van der Waals surface area (Å²) in [5.74, 6) is -0.437. The van der Waals surface area contributed by atoms with Gasteiger partial charge in [-0.05, 0) is 36.2 Å². The SMILES string of the molecule is CCCS(=O)(=O)Cc1cccc(Oc2ccc3c(c2)C2=NCCN2C=N3)c1C(F)(F)F. The van der Waals surface area contributed by atoms with Crippen LogP contribution in [0.25, 0.3) is 0 Å². The minimum Gasteiger partial charge on any atom is -0.457 e. The van der Waals surface area contributed by atoms with Crippen LogP contribution < -0.4 is 4.74 Å². The third kappa shape index (κ3) is 4.43. The first-order valence-corrected chi connectivity index (χ1v) is 11.6. The predicted octanol–water partition coefficient (Wildman–Crippen LogP) is 4.56. The zero-order valence-corrected chi connectivity index (χ0v) is 17.5. The van der Waals surface area contributed by atoms with Gasteiger partial charge in [0.25, 0.3) is 0 Å². The Morgan fingerprint density at radius 2 is 2.00 bits per heavy atom. The molecule has 6 nitrogen and oxygen atoms in total. The van der Waals surface area contributed by atoms with E-state index in [-0.39, 0.29) is 17.1 Å². The minimum atomic E-state index is -4.78. The third-order valence-electron chi connectivity index (χ3n) is 4.93. The lowest BCUT2D eigenvalue weighted by Gasteiger charge is -2.22. The van der Waals surface area contributed by atoms with Gasteiger partial charge in [-0.3, -0.25) is 4.99 Å². The molecule has 0 saturated heterocycles. The van der Waals surface area contributed by atoms with Crippen molar-refractivity contribution in [1.82, 2.24) is 4.90 Å². The van der Waals surface area contributed by atoms with Crippen LogP contribution in [0.2, 0.25) is 0 Å². The van der Waals surface area contributed by atoms with E-state index in [1.165, 1.54) is 24.3 Å². The molecule has 0 saturated carbocycles. The fourth-order valence-corrected chi connectivity index (χ4v) is 5.15. The molecule has 164 valence electrons. The highest BCUT2D eigenvalue weighted by atomic mass is 32.2. The Balaban J connectivity index is 1.72. The number of hydrogen-bond donors (Lipinski definition) is 0. The number of nitrogens with zero attached hydrogens (tertiary/aromatic N) is 3. The lowest BCUT2D eigenvalue weighted by molar-refractivity contribution is -0.139. The number of hydrogen-bond acceptors (Lipinski definition) is 6. The highest BCUT2D eigenvalue weighted by Crippen LogP contribution is 2.42. The number of ether oxygens (including phenoxy) is 1. The molecule has 2 aliphatic rings. The molecule has 4 rings (SSSR count). The van der Waals surface area contributed by atoms with E-state index in [9.17, 15) is 21.6 Å². The summed E-state index contributed by atoms with van der Waals surface area (Å²) in [5, 5.41) is 0. The molecule has 2 aromatic carbocycles. The van der Waals surface area contributed by atoms with Crippen molar-refractivity contribution in [2.75, 3.05) is 18.8 Å². The molecule has 0 amide bonds. The van der Waals surface area contributed by atoms with Gasteiger partial charge in [-0.1, -0.05) is 19.1 Å². The maximum atomic E-state index is 13.9. The number of fused-ring (bicyclic) bond motifs is 3. The summed E-state index contributed by atoms with van der Waals surface area (Å²) < 4.78 is 71.7. The monoisotopic (exact) mass is 451 g/mol. The van der Waals surface area contributed by atoms with Crippen LogP contribution in [0.5, 0.6) is 11.5 Å². The molecule has 0 unspecified atom stereocenters. The van der Waals surface area contributed by atoms with Crippen molar-refractivity contribution >= 4 is 27.7 Å². The first-order chi connectivity index (χ1) is 14.7. The molecule has 0 atom stereocenters. The number of alkyl halides is 3. The van der Waals surface area contributed by atoms with E-state index >= 15 is 0 Å². The number of benzene rings is 2. The van der Waals surface area contributed by atoms with E-state index in [1.54, 1.807) is 25.4 Å². The second-order valence-electron chi connectivity index (χ2n) is 7.30. The Kier molecular flexibility index (Phi) is 5.50. The molecule has 0 aliphatic carbocycles. The topological polar surface area (TPSA) is 71.3 Å². The number of sulfone groups is 1. The number of halogens is 3. The highest BCUT2D eigenvalue weighted by Gasteiger charge is 2.38. The summed E-state index contributed by atoms with van der Waals surface area (Å²) in [4.78, 5) is 10.6. The summed E-state index contributed by atoms with van der Waals surface area (Å²) in [6, 6.07) is 8.52. The molecular formula is C21H20F3N3O3S. The van der Waals surface area contributed by atoms with Gasteiger partial charge >= 0.3 is 6.18 Å². The van der Waals surface area contributed by atoms with Gasteiger partial charge in [0.15, 0.2) is 9.84 Å². The quantitative estimate of drug-likeness (QED) is 0.646. The first kappa shape index (κ1) is 21.4. The Hall–Kier alpha value is -2.88. The van der Waals surface area contributed by atoms with E-state index in [4.69, 9.17) is 4.74 Å². The Labute approximate surface area is 178 Å². The van der Waals surface area contributed by atoms with Gasteiger partial charge in [-0.25, -0.2) is 13.4 Å². The second-order valence-corrected chi connectivity index (χ2v) is 9.49. The summed E-state index contributed by atoms with van der Waals surface area (Å²) in [6.45, 7) is 2.96. The van der Waals surface area contributed by atoms with Crippen LogP contribution in [0.3, 0.4) is 0 Å². The maximum absolute atomic E-state index is 13.9. The molecule has 2 aliphatic heterocycles. The zero-order valence-electron chi connectivity index (χ0n) is 16.7. The van der Waals surface area contributed by atoms with E-state index < -0.39 is 33.1 Å². The van der Waals surface area contributed by atoms with E-state index in [0.29, 0.717) is 36.6 Å². The van der Waals surface area contributed by atoms with Crippen molar-refractivity contribution < 1.29 is 26.3 Å². The molecule has 0 aromatic heterocycles. The third-order valence-corrected chi connectivity index (χ3v) is 6.72. The fraction of sp³-hybridized carbons (Fsp3) is 0.333. The molecular weight excluding hydrogens is 431 g/mol. The van der Waals surface area contributed by atoms with Crippen LogP contribution >= 0.6 is 0 Å². The average molecular weight is 451 g/mol. The maximum Gasteiger partial charge on any atom is 0.420 e. The standard InChI is InChI=1S/C21H20F3N3O3S/c1-2-10-31(28,29)12-14-4-3-5-18(19(14)21(22,23)24)30-15-6-7-17-16(11-15)20-25-8-9-27(20)13-26-17/h3-7,11,13H,2,8-10,12H2,1H3. The lowest BCUT2D eigenvalue weighted by Crippen LogP contribution is -2.29. The Morgan fingerprint density at radius 1 is 1.19 bits per heavy atom. The smallest absolute Gasteiger partial charge is 0.420 e. The Morgan fingerprint density at radius 3 is 2.74 bits per heavy atom. The fourth-order valence-electron chi connectivity index (χ4n) is 3.67. The second kappa shape index (κ2) is 7.99. The molecule has 31 heavy (non-hydrogen) atoms. The minimum absolute atomic E-state index is 0.181. The summed E-state index contributed by atoms with van der Waals surface area (Å²) in [6.07, 6.45) is -2.77. The van der Waals surface area contributed by atoms with Crippen molar-refractivity contribution in [2.24, 2.45) is 9.98 Å². The normalized spacial score (nSPS) is 15.5. The molecule has 0 N–H and O–H groups in total. The average Bonchev–Trinajstić information content (AvgIpc) is 3.16. The lowest BCUT2D eigenvalue weighted by atomic mass is 10.1. The molecule has 2 aromatic rings. The van der Waals surface area contributed by atoms with Crippen molar-refractivity contribution in [3.8, 4) is 11.5 Å². The van der Waals surface area contributed by atoms with Crippen LogP contribution in [-0.4, -0.2) is 44.3 Å². The molecule has 0 bridgehead atoms. The summed E-state index contributed by atoms with van der Waals surface area (Å²) in [5.41, 5.74) is -0.0787. The van der Waals surface area contributed by atoms with Gasteiger partial charge in [-0.15, -0.1) is 0 Å². The van der Waals surface area contributed by atoms with E-state index in [0.717, 1.165) is 0 Å². The molecule has 2 heterocycles. The number of aliphatic imine (C=N–C) groups is 2. The molecule has 0 spiro atoms. The van der Waals surface area contributed by atoms with Crippen molar-refractivity contribution in [3.05, 3.63) is 53.1 Å². The highest BCUT2D eigenvalue weighted by molar-refractivity contribution is 7.90. The van der Waals surface area contributed by atoms with Crippen LogP contribution in [0.1, 0.15) is 30.0 Å². The van der Waals surface area contributed by atoms with Gasteiger partial charge in [0.05, 0.1) is 30.1 Å². The van der Waals surface area contributed by atoms with E-state index in [1.807, 2.05) is 4.90 Å². The van der Waals surface area contributed by atoms with Crippen LogP contribution in [0.4, 0.5) is 18.9 Å². The predicted molar refractivity (Wildman–Crippen MR) is 112 cm³/mol. The number of rotatable bonds is 6. The summed E-state index contributed by atoms with van der Waals surface area (Å²) in [7, 11) is -3.67. The van der Waals surface area contributed by atoms with Crippen molar-refractivity contribution in [3.63, 3.8) is 0 Å². The van der Waals surface area contributed by atoms with Gasteiger partial charge in [0.1, 0.15) is 22.9 Å². The van der Waals surface area contributed by atoms with Crippen LogP contribution in [0, 0.1) is 0 Å². The van der Waals surface area contributed by atoms with Gasteiger partial charge in [-0.2, -0.15) is 13.2 Å². The molecule has 10 heteroatoms. The van der Waals surface area contributed by atoms with Crippen molar-refractivity contribution in [2.45, 2.75) is 25.3 Å². The van der Waals surface area contributed by atoms with E-state index in [2.05, 4.69) is 9.98 Å². The Bertz CT molecular complexity index is 1170. The van der Waals surface area contributed by atoms with Crippen molar-refractivity contribution in [1.29, 1.82) is 0 Å². The molecule has 0 fully saturated rings. The van der Waals surface area contributed by atoms with Gasteiger partial charge in [0, 0.05) is 12.1 Å². The summed E-state index contributed by atoms with van der Waals surface area (Å²) >= 11 is 0. The first-order valence-electron chi connectivity index (χ1n) is 9.75. The van der Waals surface area contributed by atoms with Crippen LogP contribution in [-0.2, 0) is 21.8 Å². The number of amidine groups is 1. The molecule has 0 radical (unpaired) electrons. The zero-order chi connectivity index (χ0) is 22.2. The van der Waals surface area contributed by atoms with Crippen LogP contribution in [0.15, 0.2) is 46.4 Å². The van der Waals surface area contributed by atoms with Gasteiger partial charge < -0.3 is 9.64 Å². The van der Waals surface area contributed by atoms with Gasteiger partial charge in [0.2, 0.25) is 0 Å². The largest absolute Gasteiger partial charge is 0.457 e.